The second-order valence-corrected chi connectivity index (χ2v) is 7.28. The number of carbonyl (C=O) groups is 2. The van der Waals surface area contributed by atoms with Crippen LogP contribution >= 0.6 is 15.9 Å². The molecule has 0 spiro atoms. The van der Waals surface area contributed by atoms with Crippen LogP contribution in [0.1, 0.15) is 20.7 Å². The second-order valence-electron chi connectivity index (χ2n) is 6.36. The molecular formula is C22H16BrN5O2. The van der Waals surface area contributed by atoms with Gasteiger partial charge in [-0.05, 0) is 48.5 Å². The molecule has 2 amide bonds. The number of anilines is 2. The van der Waals surface area contributed by atoms with Crippen molar-refractivity contribution in [2.24, 2.45) is 0 Å². The summed E-state index contributed by atoms with van der Waals surface area (Å²) >= 11 is 3.36. The number of para-hydroxylation sites is 2. The summed E-state index contributed by atoms with van der Waals surface area (Å²) in [5.41, 5.74) is 2.74. The lowest BCUT2D eigenvalue weighted by Crippen LogP contribution is -2.15. The van der Waals surface area contributed by atoms with Crippen molar-refractivity contribution in [3.63, 3.8) is 0 Å². The smallest absolute Gasteiger partial charge is 0.255 e. The van der Waals surface area contributed by atoms with Gasteiger partial charge in [-0.15, -0.1) is 5.10 Å². The van der Waals surface area contributed by atoms with E-state index in [0.717, 1.165) is 4.47 Å². The number of hydrogen-bond donors (Lipinski definition) is 2. The first kappa shape index (κ1) is 19.5. The molecule has 148 valence electrons. The van der Waals surface area contributed by atoms with Crippen molar-refractivity contribution < 1.29 is 9.59 Å². The van der Waals surface area contributed by atoms with Crippen molar-refractivity contribution >= 4 is 39.1 Å². The van der Waals surface area contributed by atoms with Crippen LogP contribution in [0.25, 0.3) is 5.69 Å². The van der Waals surface area contributed by atoms with Crippen LogP contribution in [0.15, 0.2) is 89.7 Å². The molecule has 0 radical (unpaired) electrons. The minimum absolute atomic E-state index is 0.259. The summed E-state index contributed by atoms with van der Waals surface area (Å²) in [6.45, 7) is 0. The highest BCUT2D eigenvalue weighted by molar-refractivity contribution is 9.10. The molecule has 0 bridgehead atoms. The van der Waals surface area contributed by atoms with E-state index >= 15 is 0 Å². The topological polar surface area (TPSA) is 88.9 Å². The summed E-state index contributed by atoms with van der Waals surface area (Å²) in [5.74, 6) is -0.563. The number of amides is 2. The summed E-state index contributed by atoms with van der Waals surface area (Å²) in [6.07, 6.45) is 3.26. The van der Waals surface area contributed by atoms with Gasteiger partial charge in [0.1, 0.15) is 0 Å². The number of nitrogens with zero attached hydrogens (tertiary/aromatic N) is 3. The first-order valence-electron chi connectivity index (χ1n) is 9.04. The van der Waals surface area contributed by atoms with Crippen LogP contribution in [0.2, 0.25) is 0 Å². The Hall–Kier alpha value is -3.78. The summed E-state index contributed by atoms with van der Waals surface area (Å²) < 4.78 is 2.39. The van der Waals surface area contributed by atoms with Gasteiger partial charge in [-0.1, -0.05) is 45.4 Å². The third-order valence-electron chi connectivity index (χ3n) is 4.29. The molecule has 2 N–H and O–H groups in total. The lowest BCUT2D eigenvalue weighted by molar-refractivity contribution is 0.101. The van der Waals surface area contributed by atoms with E-state index in [9.17, 15) is 9.59 Å². The third kappa shape index (κ3) is 4.44. The molecule has 0 fully saturated rings. The minimum atomic E-state index is -0.305. The van der Waals surface area contributed by atoms with Crippen molar-refractivity contribution in [2.45, 2.75) is 0 Å². The predicted molar refractivity (Wildman–Crippen MR) is 118 cm³/mol. The summed E-state index contributed by atoms with van der Waals surface area (Å²) in [5, 5.41) is 13.5. The molecule has 0 aliphatic rings. The fourth-order valence-corrected chi connectivity index (χ4v) is 3.28. The van der Waals surface area contributed by atoms with E-state index in [4.69, 9.17) is 0 Å². The second kappa shape index (κ2) is 8.71. The van der Waals surface area contributed by atoms with Crippen LogP contribution in [0.4, 0.5) is 11.4 Å². The Bertz CT molecular complexity index is 1210. The molecule has 1 aromatic heterocycles. The highest BCUT2D eigenvalue weighted by atomic mass is 79.9. The fraction of sp³-hybridized carbons (Fsp3) is 0. The van der Waals surface area contributed by atoms with Crippen LogP contribution in [-0.4, -0.2) is 26.8 Å². The lowest BCUT2D eigenvalue weighted by Gasteiger charge is -2.11. The number of nitrogens with one attached hydrogen (secondary N) is 2. The predicted octanol–water partition coefficient (Wildman–Crippen LogP) is 4.53. The maximum absolute atomic E-state index is 12.8. The van der Waals surface area contributed by atoms with Gasteiger partial charge < -0.3 is 10.6 Å². The number of rotatable bonds is 5. The zero-order valence-electron chi connectivity index (χ0n) is 15.6. The van der Waals surface area contributed by atoms with Crippen molar-refractivity contribution in [3.8, 4) is 5.69 Å². The monoisotopic (exact) mass is 461 g/mol. The number of benzene rings is 3. The van der Waals surface area contributed by atoms with E-state index in [-0.39, 0.29) is 11.8 Å². The maximum atomic E-state index is 12.8. The molecule has 3 aromatic carbocycles. The van der Waals surface area contributed by atoms with E-state index < -0.39 is 0 Å². The molecule has 0 aliphatic carbocycles. The Morgan fingerprint density at radius 3 is 2.33 bits per heavy atom. The zero-order chi connectivity index (χ0) is 20.9. The molecule has 7 nitrogen and oxygen atoms in total. The molecule has 0 saturated heterocycles. The number of aromatic nitrogens is 3. The molecule has 8 heteroatoms. The largest absolute Gasteiger partial charge is 0.322 e. The van der Waals surface area contributed by atoms with E-state index in [0.29, 0.717) is 28.2 Å². The Morgan fingerprint density at radius 2 is 1.57 bits per heavy atom. The normalized spacial score (nSPS) is 10.4. The van der Waals surface area contributed by atoms with Crippen molar-refractivity contribution in [2.75, 3.05) is 10.6 Å². The summed E-state index contributed by atoms with van der Waals surface area (Å²) in [7, 11) is 0. The lowest BCUT2D eigenvalue weighted by atomic mass is 10.1. The molecule has 1 heterocycles. The molecule has 0 aliphatic heterocycles. The zero-order valence-corrected chi connectivity index (χ0v) is 17.2. The van der Waals surface area contributed by atoms with Crippen molar-refractivity contribution in [1.29, 1.82) is 0 Å². The van der Waals surface area contributed by atoms with Crippen LogP contribution < -0.4 is 10.6 Å². The number of hydrogen-bond acceptors (Lipinski definition) is 4. The molecule has 4 aromatic rings. The van der Waals surface area contributed by atoms with Crippen LogP contribution in [0.5, 0.6) is 0 Å². The van der Waals surface area contributed by atoms with Crippen LogP contribution in [0, 0.1) is 0 Å². The van der Waals surface area contributed by atoms with E-state index in [1.54, 1.807) is 65.6 Å². The van der Waals surface area contributed by atoms with E-state index in [1.165, 1.54) is 0 Å². The highest BCUT2D eigenvalue weighted by Crippen LogP contribution is 2.21. The molecular weight excluding hydrogens is 446 g/mol. The van der Waals surface area contributed by atoms with Gasteiger partial charge in [0.05, 0.1) is 23.8 Å². The minimum Gasteiger partial charge on any atom is -0.322 e. The Balaban J connectivity index is 1.52. The maximum Gasteiger partial charge on any atom is 0.255 e. The van der Waals surface area contributed by atoms with Gasteiger partial charge in [-0.3, -0.25) is 9.59 Å². The average molecular weight is 462 g/mol. The average Bonchev–Trinajstić information content (AvgIpc) is 3.29. The van der Waals surface area contributed by atoms with E-state index in [2.05, 4.69) is 36.9 Å². The molecule has 30 heavy (non-hydrogen) atoms. The van der Waals surface area contributed by atoms with E-state index in [1.807, 2.05) is 24.3 Å². The Morgan fingerprint density at radius 1 is 0.833 bits per heavy atom. The van der Waals surface area contributed by atoms with Gasteiger partial charge in [0, 0.05) is 21.3 Å². The SMILES string of the molecule is O=C(Nc1cccc(C(=O)Nc2ccccc2-n2ccnn2)c1)c1cccc(Br)c1. The molecule has 4 rings (SSSR count). The van der Waals surface area contributed by atoms with Gasteiger partial charge >= 0.3 is 0 Å². The third-order valence-corrected chi connectivity index (χ3v) is 4.78. The van der Waals surface area contributed by atoms with Crippen LogP contribution in [0.3, 0.4) is 0 Å². The molecule has 0 unspecified atom stereocenters. The standard InChI is InChI=1S/C22H16BrN5O2/c23-17-7-3-5-15(13-17)21(29)25-18-8-4-6-16(14-18)22(30)26-19-9-1-2-10-20(19)28-12-11-24-27-28/h1-14H,(H,25,29)(H,26,30). The summed E-state index contributed by atoms with van der Waals surface area (Å²) in [6, 6.07) is 21.1. The van der Waals surface area contributed by atoms with Gasteiger partial charge in [0.15, 0.2) is 0 Å². The van der Waals surface area contributed by atoms with Gasteiger partial charge in [-0.2, -0.15) is 0 Å². The number of carbonyl (C=O) groups excluding carboxylic acids is 2. The highest BCUT2D eigenvalue weighted by Gasteiger charge is 2.12. The Kier molecular flexibility index (Phi) is 5.67. The van der Waals surface area contributed by atoms with Crippen LogP contribution in [-0.2, 0) is 0 Å². The van der Waals surface area contributed by atoms with Gasteiger partial charge in [0.2, 0.25) is 0 Å². The first-order chi connectivity index (χ1) is 14.6. The number of halogens is 1. The van der Waals surface area contributed by atoms with Gasteiger partial charge in [-0.25, -0.2) is 4.68 Å². The molecule has 0 saturated carbocycles. The quantitative estimate of drug-likeness (QED) is 0.456. The van der Waals surface area contributed by atoms with Crippen molar-refractivity contribution in [1.82, 2.24) is 15.0 Å². The fourth-order valence-electron chi connectivity index (χ4n) is 2.88. The summed E-state index contributed by atoms with van der Waals surface area (Å²) in [4.78, 5) is 25.3. The molecule has 0 atom stereocenters. The first-order valence-corrected chi connectivity index (χ1v) is 9.83. The Labute approximate surface area is 180 Å². The van der Waals surface area contributed by atoms with Crippen molar-refractivity contribution in [3.05, 3.63) is 101 Å². The van der Waals surface area contributed by atoms with Gasteiger partial charge in [0.25, 0.3) is 11.8 Å².